The Balaban J connectivity index is 2.41. The van der Waals surface area contributed by atoms with E-state index in [0.717, 1.165) is 0 Å². The van der Waals surface area contributed by atoms with E-state index in [9.17, 15) is 14.4 Å². The highest BCUT2D eigenvalue weighted by atomic mass is 16.5. The fourth-order valence-corrected chi connectivity index (χ4v) is 2.14. The summed E-state index contributed by atoms with van der Waals surface area (Å²) in [6.07, 6.45) is 0.720. The molecule has 0 bridgehead atoms. The van der Waals surface area contributed by atoms with Gasteiger partial charge in [-0.25, -0.2) is 0 Å². The minimum Gasteiger partial charge on any atom is -0.465 e. The zero-order valence-electron chi connectivity index (χ0n) is 10.4. The summed E-state index contributed by atoms with van der Waals surface area (Å²) in [6, 6.07) is 2.97. The summed E-state index contributed by atoms with van der Waals surface area (Å²) in [4.78, 5) is 37.8. The predicted octanol–water partition coefficient (Wildman–Crippen LogP) is 0.555. The number of fused-ring (bicyclic) bond motifs is 1. The monoisotopic (exact) mass is 260 g/mol. The van der Waals surface area contributed by atoms with Crippen LogP contribution < -0.4 is 5.56 Å². The van der Waals surface area contributed by atoms with Crippen molar-refractivity contribution in [2.75, 3.05) is 6.61 Å². The average Bonchev–Trinajstić information content (AvgIpc) is 2.38. The lowest BCUT2D eigenvalue weighted by molar-refractivity contribution is -0.146. The zero-order valence-corrected chi connectivity index (χ0v) is 10.4. The number of aromatic amines is 1. The molecule has 0 saturated carbocycles. The maximum absolute atomic E-state index is 12.2. The van der Waals surface area contributed by atoms with E-state index in [-0.39, 0.29) is 17.7 Å². The summed E-state index contributed by atoms with van der Waals surface area (Å²) < 4.78 is 4.85. The number of ether oxygens (including phenoxy) is 1. The second-order valence-electron chi connectivity index (χ2n) is 4.22. The van der Waals surface area contributed by atoms with Gasteiger partial charge >= 0.3 is 5.97 Å². The number of pyridine rings is 1. The first-order valence-corrected chi connectivity index (χ1v) is 5.95. The first-order valence-electron chi connectivity index (χ1n) is 5.95. The van der Waals surface area contributed by atoms with E-state index in [0.29, 0.717) is 18.5 Å². The molecule has 1 aromatic heterocycles. The molecule has 1 atom stereocenters. The van der Waals surface area contributed by atoms with Crippen molar-refractivity contribution in [2.45, 2.75) is 19.8 Å². The van der Waals surface area contributed by atoms with Gasteiger partial charge in [0.2, 0.25) is 0 Å². The number of nitrogens with one attached hydrogen (secondary N) is 1. The molecule has 0 amide bonds. The lowest BCUT2D eigenvalue weighted by Gasteiger charge is -2.21. The molecule has 1 unspecified atom stereocenters. The van der Waals surface area contributed by atoms with Crippen molar-refractivity contribution in [2.24, 2.45) is 5.92 Å². The number of rotatable bonds is 2. The highest BCUT2D eigenvalue weighted by Gasteiger charge is 2.34. The number of nitrogens with zero attached hydrogens (tertiary/aromatic N) is 1. The van der Waals surface area contributed by atoms with Gasteiger partial charge in [0.05, 0.1) is 6.61 Å². The molecule has 1 aliphatic carbocycles. The molecule has 0 saturated heterocycles. The standard InChI is InChI=1S/C13H12N2O4/c1-2-19-13(18)8-3-4-10-9(11(8)16)5-7(6-14)12(17)15-10/h5,8H,2-4H2,1H3,(H,15,17). The zero-order chi connectivity index (χ0) is 14.0. The Morgan fingerprint density at radius 3 is 2.95 bits per heavy atom. The first kappa shape index (κ1) is 13.0. The number of nitriles is 1. The van der Waals surface area contributed by atoms with E-state index in [4.69, 9.17) is 10.00 Å². The van der Waals surface area contributed by atoms with E-state index in [2.05, 4.69) is 4.98 Å². The number of carbonyl (C=O) groups is 2. The lowest BCUT2D eigenvalue weighted by atomic mass is 9.85. The fourth-order valence-electron chi connectivity index (χ4n) is 2.14. The average molecular weight is 260 g/mol. The van der Waals surface area contributed by atoms with Gasteiger partial charge in [-0.3, -0.25) is 14.4 Å². The van der Waals surface area contributed by atoms with Crippen LogP contribution in [0.1, 0.15) is 35.0 Å². The lowest BCUT2D eigenvalue weighted by Crippen LogP contribution is -2.33. The van der Waals surface area contributed by atoms with Crippen LogP contribution >= 0.6 is 0 Å². The molecule has 98 valence electrons. The summed E-state index contributed by atoms with van der Waals surface area (Å²) in [5.74, 6) is -1.79. The molecule has 1 aromatic rings. The molecule has 1 aliphatic rings. The van der Waals surface area contributed by atoms with Gasteiger partial charge in [0.1, 0.15) is 17.6 Å². The van der Waals surface area contributed by atoms with Crippen molar-refractivity contribution in [3.8, 4) is 6.07 Å². The minimum absolute atomic E-state index is 0.128. The Morgan fingerprint density at radius 2 is 2.32 bits per heavy atom. The van der Waals surface area contributed by atoms with Gasteiger partial charge in [0, 0.05) is 11.3 Å². The quantitative estimate of drug-likeness (QED) is 0.618. The third kappa shape index (κ3) is 2.27. The normalized spacial score (nSPS) is 17.5. The highest BCUT2D eigenvalue weighted by molar-refractivity contribution is 6.10. The summed E-state index contributed by atoms with van der Waals surface area (Å²) >= 11 is 0. The SMILES string of the molecule is CCOC(=O)C1CCc2[nH]c(=O)c(C#N)cc2C1=O. The van der Waals surface area contributed by atoms with Crippen molar-refractivity contribution >= 4 is 11.8 Å². The van der Waals surface area contributed by atoms with E-state index in [1.165, 1.54) is 6.07 Å². The van der Waals surface area contributed by atoms with Gasteiger partial charge in [-0.1, -0.05) is 0 Å². The summed E-state index contributed by atoms with van der Waals surface area (Å²) in [7, 11) is 0. The number of Topliss-reactive ketones (excluding diaryl/α,β-unsaturated/α-hetero) is 1. The van der Waals surface area contributed by atoms with Crippen LogP contribution in [-0.2, 0) is 16.0 Å². The minimum atomic E-state index is -0.843. The number of esters is 1. The van der Waals surface area contributed by atoms with Gasteiger partial charge < -0.3 is 9.72 Å². The number of hydrogen-bond donors (Lipinski definition) is 1. The van der Waals surface area contributed by atoms with E-state index in [1.54, 1.807) is 13.0 Å². The number of aromatic nitrogens is 1. The van der Waals surface area contributed by atoms with Gasteiger partial charge in [-0.15, -0.1) is 0 Å². The number of carbonyl (C=O) groups excluding carboxylic acids is 2. The van der Waals surface area contributed by atoms with Crippen LogP contribution in [0.2, 0.25) is 0 Å². The van der Waals surface area contributed by atoms with Gasteiger partial charge in [0.15, 0.2) is 5.78 Å². The van der Waals surface area contributed by atoms with Gasteiger partial charge in [-0.05, 0) is 25.8 Å². The molecule has 6 nitrogen and oxygen atoms in total. The van der Waals surface area contributed by atoms with Crippen molar-refractivity contribution in [1.82, 2.24) is 4.98 Å². The first-order chi connectivity index (χ1) is 9.08. The third-order valence-electron chi connectivity index (χ3n) is 3.08. The second kappa shape index (κ2) is 5.06. The van der Waals surface area contributed by atoms with Crippen LogP contribution in [0, 0.1) is 17.2 Å². The van der Waals surface area contributed by atoms with Crippen LogP contribution in [-0.4, -0.2) is 23.3 Å². The smallest absolute Gasteiger partial charge is 0.316 e. The summed E-state index contributed by atoms with van der Waals surface area (Å²) in [6.45, 7) is 1.88. The molecule has 1 heterocycles. The van der Waals surface area contributed by atoms with E-state index >= 15 is 0 Å². The molecule has 2 rings (SSSR count). The van der Waals surface area contributed by atoms with Gasteiger partial charge in [-0.2, -0.15) is 5.26 Å². The van der Waals surface area contributed by atoms with E-state index < -0.39 is 23.2 Å². The maximum Gasteiger partial charge on any atom is 0.316 e. The van der Waals surface area contributed by atoms with Crippen molar-refractivity contribution in [3.63, 3.8) is 0 Å². The number of H-pyrrole nitrogens is 1. The largest absolute Gasteiger partial charge is 0.465 e. The van der Waals surface area contributed by atoms with Crippen LogP contribution in [0.25, 0.3) is 0 Å². The molecule has 0 radical (unpaired) electrons. The van der Waals surface area contributed by atoms with Crippen molar-refractivity contribution in [3.05, 3.63) is 33.2 Å². The van der Waals surface area contributed by atoms with E-state index in [1.807, 2.05) is 0 Å². The molecule has 0 aromatic carbocycles. The predicted molar refractivity (Wildman–Crippen MR) is 64.6 cm³/mol. The molecule has 1 N–H and O–H groups in total. The van der Waals surface area contributed by atoms with Crippen LogP contribution in [0.15, 0.2) is 10.9 Å². The third-order valence-corrected chi connectivity index (χ3v) is 3.08. The summed E-state index contributed by atoms with van der Waals surface area (Å²) in [5.41, 5.74) is 0.0789. The van der Waals surface area contributed by atoms with Gasteiger partial charge in [0.25, 0.3) is 5.56 Å². The topological polar surface area (TPSA) is 100 Å². The molecule has 19 heavy (non-hydrogen) atoms. The van der Waals surface area contributed by atoms with Crippen molar-refractivity contribution < 1.29 is 14.3 Å². The van der Waals surface area contributed by atoms with Crippen LogP contribution in [0.3, 0.4) is 0 Å². The Kier molecular flexibility index (Phi) is 3.47. The number of aryl methyl sites for hydroxylation is 1. The molecular formula is C13H12N2O4. The summed E-state index contributed by atoms with van der Waals surface area (Å²) in [5, 5.41) is 8.79. The molecular weight excluding hydrogens is 248 g/mol. The Labute approximate surface area is 109 Å². The molecule has 0 spiro atoms. The van der Waals surface area contributed by atoms with Crippen LogP contribution in [0.4, 0.5) is 0 Å². The molecule has 6 heteroatoms. The Hall–Kier alpha value is -2.42. The molecule has 0 fully saturated rings. The van der Waals surface area contributed by atoms with Crippen LogP contribution in [0.5, 0.6) is 0 Å². The van der Waals surface area contributed by atoms with Crippen molar-refractivity contribution in [1.29, 1.82) is 5.26 Å². The number of hydrogen-bond acceptors (Lipinski definition) is 5. The highest BCUT2D eigenvalue weighted by Crippen LogP contribution is 2.24. The fraction of sp³-hybridized carbons (Fsp3) is 0.385. The second-order valence-corrected chi connectivity index (χ2v) is 4.22. The molecule has 0 aliphatic heterocycles. The Bertz CT molecular complexity index is 639. The maximum atomic E-state index is 12.2. The Morgan fingerprint density at radius 1 is 1.58 bits per heavy atom. The number of ketones is 1.